The van der Waals surface area contributed by atoms with Gasteiger partial charge in [-0.05, 0) is 234 Å². The summed E-state index contributed by atoms with van der Waals surface area (Å²) in [6.45, 7) is 6.91. The molecule has 0 atom stereocenters. The van der Waals surface area contributed by atoms with Crippen LogP contribution in [0.5, 0.6) is 0 Å². The molecule has 0 fully saturated rings. The highest BCUT2D eigenvalue weighted by atomic mass is 15.2. The van der Waals surface area contributed by atoms with Crippen LogP contribution in [0.25, 0.3) is 186 Å². The van der Waals surface area contributed by atoms with Gasteiger partial charge >= 0.3 is 0 Å². The molecule has 0 bridgehead atoms. The first-order chi connectivity index (χ1) is 60.7. The molecule has 0 saturated heterocycles. The van der Waals surface area contributed by atoms with Crippen LogP contribution in [0.2, 0.25) is 0 Å². The first-order valence-electron chi connectivity index (χ1n) is 43.0. The highest BCUT2D eigenvalue weighted by molar-refractivity contribution is 7.00. The van der Waals surface area contributed by atoms with Crippen LogP contribution in [0.1, 0.15) is 26.3 Å². The average molecular weight is 1560 g/mol. The zero-order valence-electron chi connectivity index (χ0n) is 68.3. The molecule has 574 valence electrons. The summed E-state index contributed by atoms with van der Waals surface area (Å²) in [5.41, 5.74) is 31.3. The molecule has 2 aromatic heterocycles. The van der Waals surface area contributed by atoms with Crippen molar-refractivity contribution in [3.63, 3.8) is 0 Å². The summed E-state index contributed by atoms with van der Waals surface area (Å²) in [4.78, 5) is 5.50. The largest absolute Gasteiger partial charge is 0.310 e. The van der Waals surface area contributed by atoms with Crippen molar-refractivity contribution in [2.24, 2.45) is 0 Å². The lowest BCUT2D eigenvalue weighted by molar-refractivity contribution is 0.590. The smallest absolute Gasteiger partial charge is 0.252 e. The molecule has 2 aliphatic rings. The summed E-state index contributed by atoms with van der Waals surface area (Å²) < 4.78 is 5.15. The average Bonchev–Trinajstić information content (AvgIpc) is 1.45. The minimum Gasteiger partial charge on any atom is -0.310 e. The SMILES string of the molecule is CC(C)(C)c1cc2c3c(c1)N(c1c(-c4ccccc4)cc(-c4ccc5ccccc5c4)cc1-c1ccccc1)c1cc(-n4c5ccc6ccccc6c5c5c6ccccc6ccc54)ccc1B3c1ccc(-n3c4ccc5ccccc5c4c4c5ccccc5ccc43)cc1N2c1c(-c2ccccc2)cc(-c2ccc3ccccc3c2)cc1-c1ccccc1. The molecular formula is C118H79BN4. The molecule has 5 heteroatoms. The minimum absolute atomic E-state index is 0.323. The summed E-state index contributed by atoms with van der Waals surface area (Å²) in [6.07, 6.45) is 0. The minimum atomic E-state index is -0.402. The number of benzene rings is 21. The molecule has 0 spiro atoms. The maximum absolute atomic E-state index is 2.75. The van der Waals surface area contributed by atoms with E-state index in [1.807, 2.05) is 0 Å². The van der Waals surface area contributed by atoms with Crippen molar-refractivity contribution in [3.8, 4) is 78.1 Å². The Morgan fingerprint density at radius 1 is 0.211 bits per heavy atom. The lowest BCUT2D eigenvalue weighted by atomic mass is 9.33. The molecule has 25 rings (SSSR count). The number of hydrogen-bond acceptors (Lipinski definition) is 2. The zero-order chi connectivity index (χ0) is 81.3. The standard InChI is InChI=1S/C118H79BN4/c1-118(2,3)90-70-109-115-110(71-90)123(117-99(78-34-12-6-13-35-78)68-89(69-100(117)79-36-14-7-15-37-79)87-51-49-75-29-17-19-43-85(75)65-87)108-73-92(121-105-62-54-82-40-22-26-46-95(82)113(105)114-96-47-27-23-41-83(96)55-63-106(114)121)57-59-102(108)119(115)101-58-56-91(120-103-60-52-80-38-20-24-44-93(80)111(103)112-94-45-25-21-39-81(94)53-61-104(112)120)72-107(101)122(109)116-97(76-30-8-4-9-31-76)66-88(67-98(116)77-32-10-5-11-33-77)86-50-48-74-28-16-18-42-84(74)64-86/h4-73H,1-3H3. The Morgan fingerprint density at radius 3 is 0.813 bits per heavy atom. The third kappa shape index (κ3) is 11.0. The molecule has 123 heavy (non-hydrogen) atoms. The molecule has 23 aromatic rings. The van der Waals surface area contributed by atoms with Crippen LogP contribution in [0.4, 0.5) is 34.1 Å². The molecule has 4 nitrogen and oxygen atoms in total. The quantitative estimate of drug-likeness (QED) is 0.127. The number of nitrogens with zero attached hydrogens (tertiary/aromatic N) is 4. The van der Waals surface area contributed by atoms with Crippen LogP contribution in [0, 0.1) is 0 Å². The number of hydrogen-bond donors (Lipinski definition) is 0. The van der Waals surface area contributed by atoms with Gasteiger partial charge in [0.25, 0.3) is 6.71 Å². The summed E-state index contributed by atoms with van der Waals surface area (Å²) in [5, 5.41) is 19.6. The van der Waals surface area contributed by atoms with Crippen molar-refractivity contribution in [1.29, 1.82) is 0 Å². The Labute approximate surface area is 714 Å². The van der Waals surface area contributed by atoms with Crippen molar-refractivity contribution in [2.75, 3.05) is 9.80 Å². The van der Waals surface area contributed by atoms with E-state index in [2.05, 4.69) is 464 Å². The van der Waals surface area contributed by atoms with Gasteiger partial charge in [-0.3, -0.25) is 0 Å². The fourth-order valence-electron chi connectivity index (χ4n) is 21.0. The summed E-state index contributed by atoms with van der Waals surface area (Å²) in [6, 6.07) is 161. The van der Waals surface area contributed by atoms with E-state index in [0.717, 1.165) is 134 Å². The van der Waals surface area contributed by atoms with Crippen LogP contribution in [-0.4, -0.2) is 15.8 Å². The molecule has 0 saturated carbocycles. The van der Waals surface area contributed by atoms with Crippen molar-refractivity contribution in [1.82, 2.24) is 9.13 Å². The van der Waals surface area contributed by atoms with Gasteiger partial charge in [-0.25, -0.2) is 0 Å². The second-order valence-corrected chi connectivity index (χ2v) is 34.6. The van der Waals surface area contributed by atoms with Gasteiger partial charge in [0.05, 0.1) is 33.4 Å². The molecule has 0 N–H and O–H groups in total. The fourth-order valence-corrected chi connectivity index (χ4v) is 21.0. The van der Waals surface area contributed by atoms with E-state index in [-0.39, 0.29) is 6.71 Å². The predicted molar refractivity (Wildman–Crippen MR) is 525 cm³/mol. The summed E-state index contributed by atoms with van der Waals surface area (Å²) in [7, 11) is 0. The third-order valence-electron chi connectivity index (χ3n) is 26.7. The van der Waals surface area contributed by atoms with Crippen molar-refractivity contribution < 1.29 is 0 Å². The van der Waals surface area contributed by atoms with Gasteiger partial charge in [-0.2, -0.15) is 0 Å². The molecule has 0 amide bonds. The van der Waals surface area contributed by atoms with Gasteiger partial charge in [-0.15, -0.1) is 0 Å². The molecule has 4 heterocycles. The highest BCUT2D eigenvalue weighted by Gasteiger charge is 2.47. The van der Waals surface area contributed by atoms with E-state index in [1.54, 1.807) is 0 Å². The Bertz CT molecular complexity index is 7570. The van der Waals surface area contributed by atoms with Crippen LogP contribution >= 0.6 is 0 Å². The third-order valence-corrected chi connectivity index (χ3v) is 26.7. The normalized spacial score (nSPS) is 12.6. The molecule has 21 aromatic carbocycles. The van der Waals surface area contributed by atoms with E-state index in [4.69, 9.17) is 0 Å². The van der Waals surface area contributed by atoms with Crippen LogP contribution < -0.4 is 26.2 Å². The molecular weight excluding hydrogens is 1480 g/mol. The van der Waals surface area contributed by atoms with E-state index in [9.17, 15) is 0 Å². The van der Waals surface area contributed by atoms with E-state index in [1.165, 1.54) is 108 Å². The predicted octanol–water partition coefficient (Wildman–Crippen LogP) is 30.2. The maximum atomic E-state index is 2.75. The van der Waals surface area contributed by atoms with E-state index >= 15 is 0 Å². The number of anilines is 6. The summed E-state index contributed by atoms with van der Waals surface area (Å²) in [5.74, 6) is 0. The maximum Gasteiger partial charge on any atom is 0.252 e. The monoisotopic (exact) mass is 1560 g/mol. The molecule has 0 unspecified atom stereocenters. The lowest BCUT2D eigenvalue weighted by Gasteiger charge is -2.46. The van der Waals surface area contributed by atoms with E-state index in [0.29, 0.717) is 0 Å². The Kier molecular flexibility index (Phi) is 15.8. The van der Waals surface area contributed by atoms with Gasteiger partial charge in [0.2, 0.25) is 0 Å². The number of aromatic nitrogens is 2. The first-order valence-corrected chi connectivity index (χ1v) is 43.0. The molecule has 0 radical (unpaired) electrons. The van der Waals surface area contributed by atoms with Gasteiger partial charge in [0.1, 0.15) is 0 Å². The lowest BCUT2D eigenvalue weighted by Crippen LogP contribution is -2.61. The zero-order valence-corrected chi connectivity index (χ0v) is 68.3. The number of fused-ring (bicyclic) bond motifs is 20. The number of rotatable bonds is 10. The first kappa shape index (κ1) is 70.5. The Balaban J connectivity index is 0.854. The van der Waals surface area contributed by atoms with Crippen LogP contribution in [0.3, 0.4) is 0 Å². The van der Waals surface area contributed by atoms with E-state index < -0.39 is 5.41 Å². The van der Waals surface area contributed by atoms with Gasteiger partial charge < -0.3 is 18.9 Å². The van der Waals surface area contributed by atoms with Crippen LogP contribution in [0.15, 0.2) is 425 Å². The van der Waals surface area contributed by atoms with Gasteiger partial charge in [0, 0.05) is 77.9 Å². The summed E-state index contributed by atoms with van der Waals surface area (Å²) >= 11 is 0. The van der Waals surface area contributed by atoms with Crippen molar-refractivity contribution >= 4 is 165 Å². The van der Waals surface area contributed by atoms with Crippen molar-refractivity contribution in [3.05, 3.63) is 430 Å². The fraction of sp³-hybridized carbons (Fsp3) is 0.0339. The molecule has 0 aliphatic carbocycles. The van der Waals surface area contributed by atoms with Gasteiger partial charge in [0.15, 0.2) is 0 Å². The topological polar surface area (TPSA) is 16.3 Å². The second-order valence-electron chi connectivity index (χ2n) is 34.6. The Morgan fingerprint density at radius 2 is 0.496 bits per heavy atom. The Hall–Kier alpha value is -15.6. The highest BCUT2D eigenvalue weighted by Crippen LogP contribution is 2.57. The van der Waals surface area contributed by atoms with Gasteiger partial charge in [-0.1, -0.05) is 348 Å². The second kappa shape index (κ2) is 27.5. The molecule has 2 aliphatic heterocycles. The van der Waals surface area contributed by atoms with Crippen molar-refractivity contribution in [2.45, 2.75) is 26.2 Å². The van der Waals surface area contributed by atoms with Crippen LogP contribution in [-0.2, 0) is 5.41 Å².